The van der Waals surface area contributed by atoms with Crippen LogP contribution in [0.5, 0.6) is 0 Å². The van der Waals surface area contributed by atoms with E-state index in [0.717, 1.165) is 21.5 Å². The largest absolute Gasteiger partial charge is 0.455 e. The predicted molar refractivity (Wildman–Crippen MR) is 223 cm³/mol. The maximum absolute atomic E-state index is 9.81. The van der Waals surface area contributed by atoms with Gasteiger partial charge in [0.2, 0.25) is 0 Å². The summed E-state index contributed by atoms with van der Waals surface area (Å²) in [5.41, 5.74) is 0.0426. The Morgan fingerprint density at radius 2 is 1.13 bits per heavy atom. The van der Waals surface area contributed by atoms with Crippen LogP contribution in [0.1, 0.15) is 20.6 Å². The minimum Gasteiger partial charge on any atom is -0.455 e. The van der Waals surface area contributed by atoms with Crippen molar-refractivity contribution in [2.24, 2.45) is 0 Å². The molecule has 0 bridgehead atoms. The van der Waals surface area contributed by atoms with Crippen LogP contribution in [-0.2, 0) is 0 Å². The molecule has 0 aliphatic rings. The molecule has 0 amide bonds. The Hall–Kier alpha value is -7.10. The molecular formula is C50H32N2O. The molecule has 2 heterocycles. The van der Waals surface area contributed by atoms with E-state index in [0.29, 0.717) is 33.0 Å². The lowest BCUT2D eigenvalue weighted by molar-refractivity contribution is 0.672. The topological polar surface area (TPSA) is 21.3 Å². The molecule has 3 heteroatoms. The van der Waals surface area contributed by atoms with Crippen LogP contribution in [0.15, 0.2) is 198 Å². The predicted octanol–water partition coefficient (Wildman–Crippen LogP) is 14.1. The molecular weight excluding hydrogens is 645 g/mol. The quantitative estimate of drug-likeness (QED) is 0.179. The molecule has 0 aliphatic heterocycles. The number of hydrogen-bond acceptors (Lipinski definition) is 2. The highest BCUT2D eigenvalue weighted by Gasteiger charge is 2.21. The summed E-state index contributed by atoms with van der Waals surface area (Å²) in [6.45, 7) is 0. The highest BCUT2D eigenvalue weighted by Crippen LogP contribution is 2.45. The van der Waals surface area contributed by atoms with E-state index in [1.54, 1.807) is 22.8 Å². The normalized spacial score (nSPS) is 15.7. The molecule has 0 unspecified atom stereocenters. The molecule has 0 atom stereocenters. The van der Waals surface area contributed by atoms with Crippen LogP contribution < -0.4 is 4.90 Å². The first kappa shape index (κ1) is 18.4. The third-order valence-electron chi connectivity index (χ3n) is 9.63. The van der Waals surface area contributed by atoms with Gasteiger partial charge in [-0.2, -0.15) is 0 Å². The molecule has 0 spiro atoms. The molecule has 0 radical (unpaired) electrons. The lowest BCUT2D eigenvalue weighted by atomic mass is 9.98. The number of furan rings is 1. The highest BCUT2D eigenvalue weighted by molar-refractivity contribution is 6.19. The summed E-state index contributed by atoms with van der Waals surface area (Å²) in [7, 11) is 0. The summed E-state index contributed by atoms with van der Waals surface area (Å²) < 4.78 is 146. The van der Waals surface area contributed by atoms with E-state index in [9.17, 15) is 11.0 Å². The SMILES string of the molecule is [2H]c1c([2H])c(N(c2c([2H])c([2H])c(-n3c4ccccc4c4ccccc43)c([2H])c2[2H])c2cccc3oc4c5ccccc5ccc4c23)c([2H])c([2H])c1-c1c([2H])c([2H])c([2H])c2c([2H])c([2H])c([2H])c([2H])c12. The highest BCUT2D eigenvalue weighted by atomic mass is 16.3. The van der Waals surface area contributed by atoms with Crippen molar-refractivity contribution in [3.05, 3.63) is 194 Å². The Kier molecular flexibility index (Phi) is 4.07. The van der Waals surface area contributed by atoms with Gasteiger partial charge in [-0.1, -0.05) is 127 Å². The second-order valence-electron chi connectivity index (χ2n) is 12.5. The van der Waals surface area contributed by atoms with Crippen molar-refractivity contribution < 1.29 is 25.0 Å². The van der Waals surface area contributed by atoms with Crippen LogP contribution in [0.3, 0.4) is 0 Å². The van der Waals surface area contributed by atoms with Gasteiger partial charge in [0, 0.05) is 38.6 Å². The Morgan fingerprint density at radius 1 is 0.472 bits per heavy atom. The van der Waals surface area contributed by atoms with Gasteiger partial charge in [-0.25, -0.2) is 0 Å². The zero-order valence-corrected chi connectivity index (χ0v) is 27.6. The summed E-state index contributed by atoms with van der Waals surface area (Å²) in [6.07, 6.45) is 0. The molecule has 0 fully saturated rings. The van der Waals surface area contributed by atoms with Crippen LogP contribution >= 0.6 is 0 Å². The fourth-order valence-electron chi connectivity index (χ4n) is 7.30. The first-order valence-corrected chi connectivity index (χ1v) is 16.9. The first-order chi connectivity index (χ1) is 32.6. The number of nitrogens with zero attached hydrogens (tertiary/aromatic N) is 2. The van der Waals surface area contributed by atoms with E-state index >= 15 is 0 Å². The van der Waals surface area contributed by atoms with Crippen molar-refractivity contribution in [3.8, 4) is 16.8 Å². The summed E-state index contributed by atoms with van der Waals surface area (Å²) in [5, 5.41) is 3.33. The van der Waals surface area contributed by atoms with E-state index in [1.807, 2.05) is 84.9 Å². The minimum absolute atomic E-state index is 0.0714. The lowest BCUT2D eigenvalue weighted by Gasteiger charge is -2.27. The monoisotopic (exact) mass is 691 g/mol. The van der Waals surface area contributed by atoms with Crippen molar-refractivity contribution in [1.29, 1.82) is 0 Å². The van der Waals surface area contributed by atoms with E-state index in [4.69, 9.17) is 14.0 Å². The zero-order valence-electron chi connectivity index (χ0n) is 42.6. The third-order valence-corrected chi connectivity index (χ3v) is 9.63. The number of hydrogen-bond donors (Lipinski definition) is 0. The summed E-state index contributed by atoms with van der Waals surface area (Å²) in [4.78, 5) is 1.17. The van der Waals surface area contributed by atoms with Crippen molar-refractivity contribution in [1.82, 2.24) is 4.57 Å². The maximum atomic E-state index is 9.81. The van der Waals surface area contributed by atoms with Crippen molar-refractivity contribution in [3.63, 3.8) is 0 Å². The van der Waals surface area contributed by atoms with Gasteiger partial charge in [0.1, 0.15) is 11.2 Å². The number of rotatable bonds is 5. The second kappa shape index (κ2) is 11.7. The number of anilines is 3. The molecule has 0 saturated heterocycles. The summed E-state index contributed by atoms with van der Waals surface area (Å²) in [5.74, 6) is 0. The van der Waals surface area contributed by atoms with Crippen LogP contribution in [0.4, 0.5) is 17.1 Å². The standard InChI is InChI=1S/C50H32N2O/c1-3-14-39-33(11-1)13-9-18-40(39)35-23-26-36(27-24-35)51(47-21-10-22-48-49(47)44-32-25-34-12-2-4-15-41(34)50(44)53-48)37-28-30-38(31-29-37)52-45-19-7-5-16-42(45)43-17-6-8-20-46(43)52/h1-32H/i1D,3D,9D,11D,13D,14D,18D,23D,24D,26D,27D,28D,29D,30D,31D. The fraction of sp³-hybridized carbons (Fsp3) is 0. The number of benzene rings is 9. The molecule has 11 rings (SSSR count). The van der Waals surface area contributed by atoms with Gasteiger partial charge in [-0.15, -0.1) is 0 Å². The molecule has 53 heavy (non-hydrogen) atoms. The van der Waals surface area contributed by atoms with Gasteiger partial charge in [0.05, 0.1) is 42.7 Å². The number of para-hydroxylation sites is 2. The third kappa shape index (κ3) is 4.61. The Bertz CT molecular complexity index is 3950. The summed E-state index contributed by atoms with van der Waals surface area (Å²) >= 11 is 0. The Labute approximate surface area is 327 Å². The lowest BCUT2D eigenvalue weighted by Crippen LogP contribution is -2.10. The molecule has 2 aromatic heterocycles. The van der Waals surface area contributed by atoms with Crippen LogP contribution in [-0.4, -0.2) is 4.57 Å². The first-order valence-electron chi connectivity index (χ1n) is 24.4. The van der Waals surface area contributed by atoms with Crippen LogP contribution in [0.25, 0.3) is 82.1 Å². The van der Waals surface area contributed by atoms with Crippen LogP contribution in [0, 0.1) is 0 Å². The minimum atomic E-state index is -0.808. The second-order valence-corrected chi connectivity index (χ2v) is 12.5. The van der Waals surface area contributed by atoms with Crippen molar-refractivity contribution in [2.75, 3.05) is 4.90 Å². The molecule has 0 saturated carbocycles. The summed E-state index contributed by atoms with van der Waals surface area (Å²) in [6, 6.07) is 20.6. The van der Waals surface area contributed by atoms with Gasteiger partial charge < -0.3 is 13.9 Å². The fourth-order valence-corrected chi connectivity index (χ4v) is 7.30. The molecule has 248 valence electrons. The molecule has 3 nitrogen and oxygen atoms in total. The Balaban J connectivity index is 1.27. The average Bonchev–Trinajstić information content (AvgIpc) is 3.90. The van der Waals surface area contributed by atoms with Gasteiger partial charge in [0.25, 0.3) is 0 Å². The van der Waals surface area contributed by atoms with E-state index < -0.39 is 124 Å². The van der Waals surface area contributed by atoms with Crippen molar-refractivity contribution >= 4 is 82.4 Å². The van der Waals surface area contributed by atoms with Crippen LogP contribution in [0.2, 0.25) is 0 Å². The molecule has 9 aromatic carbocycles. The van der Waals surface area contributed by atoms with Gasteiger partial charge in [-0.05, 0) is 93.9 Å². The van der Waals surface area contributed by atoms with Gasteiger partial charge >= 0.3 is 0 Å². The smallest absolute Gasteiger partial charge is 0.143 e. The molecule has 0 aliphatic carbocycles. The van der Waals surface area contributed by atoms with E-state index in [1.165, 1.54) is 4.90 Å². The maximum Gasteiger partial charge on any atom is 0.143 e. The van der Waals surface area contributed by atoms with Crippen molar-refractivity contribution in [2.45, 2.75) is 0 Å². The molecule has 11 aromatic rings. The van der Waals surface area contributed by atoms with E-state index in [2.05, 4.69) is 0 Å². The van der Waals surface area contributed by atoms with Gasteiger partial charge in [0.15, 0.2) is 0 Å². The number of aromatic nitrogens is 1. The van der Waals surface area contributed by atoms with Gasteiger partial charge in [-0.3, -0.25) is 0 Å². The Morgan fingerprint density at radius 3 is 1.91 bits per heavy atom. The molecule has 0 N–H and O–H groups in total. The average molecular weight is 692 g/mol. The van der Waals surface area contributed by atoms with E-state index in [-0.39, 0.29) is 11.4 Å². The zero-order chi connectivity index (χ0) is 47.9. The number of fused-ring (bicyclic) bond motifs is 9.